The molecule has 0 fully saturated rings. The zero-order valence-corrected chi connectivity index (χ0v) is 12.5. The highest BCUT2D eigenvalue weighted by Gasteiger charge is 2.16. The number of nitrogens with one attached hydrogen (secondary N) is 1. The van der Waals surface area contributed by atoms with Gasteiger partial charge in [0.25, 0.3) is 5.69 Å². The Morgan fingerprint density at radius 1 is 1.48 bits per heavy atom. The number of ether oxygens (including phenoxy) is 1. The maximum absolute atomic E-state index is 11.3. The van der Waals surface area contributed by atoms with Crippen LogP contribution in [0.25, 0.3) is 0 Å². The third-order valence-electron chi connectivity index (χ3n) is 2.92. The number of primary amides is 1. The summed E-state index contributed by atoms with van der Waals surface area (Å²) in [5, 5.41) is 13.8. The Bertz CT molecular complexity index is 517. The lowest BCUT2D eigenvalue weighted by molar-refractivity contribution is -0.384. The van der Waals surface area contributed by atoms with Gasteiger partial charge in [0.2, 0.25) is 5.91 Å². The monoisotopic (exact) mass is 295 g/mol. The highest BCUT2D eigenvalue weighted by molar-refractivity contribution is 5.79. The van der Waals surface area contributed by atoms with Gasteiger partial charge in [-0.3, -0.25) is 14.9 Å². The third-order valence-corrected chi connectivity index (χ3v) is 2.92. The number of nitro groups is 1. The summed E-state index contributed by atoms with van der Waals surface area (Å²) < 4.78 is 5.54. The molecular weight excluding hydrogens is 274 g/mol. The fourth-order valence-corrected chi connectivity index (χ4v) is 1.85. The summed E-state index contributed by atoms with van der Waals surface area (Å²) in [6.07, 6.45) is 0.398. The first-order chi connectivity index (χ1) is 9.81. The fourth-order valence-electron chi connectivity index (χ4n) is 1.85. The second-order valence-electron chi connectivity index (χ2n) is 5.12. The van der Waals surface area contributed by atoms with Gasteiger partial charge >= 0.3 is 0 Å². The van der Waals surface area contributed by atoms with Crippen molar-refractivity contribution in [2.45, 2.75) is 39.3 Å². The fraction of sp³-hybridized carbons (Fsp3) is 0.500. The highest BCUT2D eigenvalue weighted by atomic mass is 16.6. The molecule has 0 bridgehead atoms. The Labute approximate surface area is 123 Å². The Morgan fingerprint density at radius 2 is 2.14 bits per heavy atom. The van der Waals surface area contributed by atoms with Crippen molar-refractivity contribution in [3.8, 4) is 5.75 Å². The summed E-state index contributed by atoms with van der Waals surface area (Å²) >= 11 is 0. The van der Waals surface area contributed by atoms with Crippen LogP contribution in [-0.4, -0.2) is 29.5 Å². The molecule has 0 aliphatic carbocycles. The van der Waals surface area contributed by atoms with E-state index in [2.05, 4.69) is 5.32 Å². The van der Waals surface area contributed by atoms with Crippen LogP contribution in [0.1, 0.15) is 25.8 Å². The highest BCUT2D eigenvalue weighted by Crippen LogP contribution is 2.24. The van der Waals surface area contributed by atoms with Gasteiger partial charge < -0.3 is 15.8 Å². The number of hydrogen-bond acceptors (Lipinski definition) is 5. The SMILES string of the molecule is Cc1ccc([N+](=O)[O-])cc1OCCC(NC(C)C)C(N)=O. The Kier molecular flexibility index (Phi) is 6.10. The second-order valence-corrected chi connectivity index (χ2v) is 5.12. The van der Waals surface area contributed by atoms with Crippen molar-refractivity contribution in [3.05, 3.63) is 33.9 Å². The standard InChI is InChI=1S/C14H21N3O4/c1-9(2)16-12(14(15)18)6-7-21-13-8-11(17(19)20)5-4-10(13)3/h4-5,8-9,12,16H,6-7H2,1-3H3,(H2,15,18). The Morgan fingerprint density at radius 3 is 2.67 bits per heavy atom. The van der Waals surface area contributed by atoms with Gasteiger partial charge in [-0.1, -0.05) is 13.8 Å². The van der Waals surface area contributed by atoms with Crippen molar-refractivity contribution in [2.24, 2.45) is 5.73 Å². The molecule has 0 aliphatic heterocycles. The van der Waals surface area contributed by atoms with Crippen molar-refractivity contribution >= 4 is 11.6 Å². The van der Waals surface area contributed by atoms with Crippen molar-refractivity contribution < 1.29 is 14.5 Å². The van der Waals surface area contributed by atoms with Gasteiger partial charge in [-0.2, -0.15) is 0 Å². The molecule has 1 unspecified atom stereocenters. The van der Waals surface area contributed by atoms with Crippen molar-refractivity contribution in [3.63, 3.8) is 0 Å². The number of amides is 1. The van der Waals surface area contributed by atoms with Gasteiger partial charge in [0.15, 0.2) is 0 Å². The molecule has 1 rings (SSSR count). The van der Waals surface area contributed by atoms with Gasteiger partial charge in [0.1, 0.15) is 5.75 Å². The maximum Gasteiger partial charge on any atom is 0.273 e. The number of hydrogen-bond donors (Lipinski definition) is 2. The van der Waals surface area contributed by atoms with Gasteiger partial charge in [-0.15, -0.1) is 0 Å². The number of nitro benzene ring substituents is 1. The minimum atomic E-state index is -0.482. The summed E-state index contributed by atoms with van der Waals surface area (Å²) in [7, 11) is 0. The molecule has 0 radical (unpaired) electrons. The molecule has 1 atom stereocenters. The van der Waals surface area contributed by atoms with E-state index < -0.39 is 16.9 Å². The minimum absolute atomic E-state index is 0.0256. The number of carbonyl (C=O) groups excluding carboxylic acids is 1. The summed E-state index contributed by atoms with van der Waals surface area (Å²) in [6.45, 7) is 5.88. The van der Waals surface area contributed by atoms with E-state index in [1.807, 2.05) is 13.8 Å². The molecule has 0 saturated carbocycles. The van der Waals surface area contributed by atoms with Crippen molar-refractivity contribution in [1.29, 1.82) is 0 Å². The Balaban J connectivity index is 2.64. The lowest BCUT2D eigenvalue weighted by Crippen LogP contribution is -2.45. The number of carbonyl (C=O) groups is 1. The number of nitrogens with zero attached hydrogens (tertiary/aromatic N) is 1. The summed E-state index contributed by atoms with van der Waals surface area (Å²) in [6, 6.07) is 4.08. The van der Waals surface area contributed by atoms with Crippen LogP contribution in [0.2, 0.25) is 0 Å². The summed E-state index contributed by atoms with van der Waals surface area (Å²) in [4.78, 5) is 21.6. The number of benzene rings is 1. The van der Waals surface area contributed by atoms with E-state index in [9.17, 15) is 14.9 Å². The first kappa shape index (κ1) is 16.9. The average molecular weight is 295 g/mol. The first-order valence-electron chi connectivity index (χ1n) is 6.74. The van der Waals surface area contributed by atoms with Crippen LogP contribution < -0.4 is 15.8 Å². The van der Waals surface area contributed by atoms with Crippen LogP contribution in [-0.2, 0) is 4.79 Å². The quantitative estimate of drug-likeness (QED) is 0.558. The molecular formula is C14H21N3O4. The van der Waals surface area contributed by atoms with E-state index in [0.717, 1.165) is 5.56 Å². The van der Waals surface area contributed by atoms with Gasteiger partial charge in [-0.05, 0) is 18.6 Å². The topological polar surface area (TPSA) is 107 Å². The molecule has 0 spiro atoms. The largest absolute Gasteiger partial charge is 0.493 e. The summed E-state index contributed by atoms with van der Waals surface area (Å²) in [5.74, 6) is 0.0000292. The van der Waals surface area contributed by atoms with Crippen LogP contribution in [0.3, 0.4) is 0 Å². The van der Waals surface area contributed by atoms with E-state index >= 15 is 0 Å². The van der Waals surface area contributed by atoms with E-state index in [1.54, 1.807) is 13.0 Å². The van der Waals surface area contributed by atoms with Crippen LogP contribution in [0, 0.1) is 17.0 Å². The molecule has 0 saturated heterocycles. The van der Waals surface area contributed by atoms with Crippen LogP contribution in [0.4, 0.5) is 5.69 Å². The second kappa shape index (κ2) is 7.58. The maximum atomic E-state index is 11.3. The van der Waals surface area contributed by atoms with Crippen molar-refractivity contribution in [2.75, 3.05) is 6.61 Å². The Hall–Kier alpha value is -2.15. The van der Waals surface area contributed by atoms with Crippen LogP contribution >= 0.6 is 0 Å². The van der Waals surface area contributed by atoms with Crippen LogP contribution in [0.15, 0.2) is 18.2 Å². The normalized spacial score (nSPS) is 12.2. The van der Waals surface area contributed by atoms with Gasteiger partial charge in [-0.25, -0.2) is 0 Å². The van der Waals surface area contributed by atoms with Gasteiger partial charge in [0, 0.05) is 18.5 Å². The molecule has 0 aromatic heterocycles. The predicted octanol–water partition coefficient (Wildman–Crippen LogP) is 1.52. The van der Waals surface area contributed by atoms with E-state index in [-0.39, 0.29) is 18.3 Å². The molecule has 21 heavy (non-hydrogen) atoms. The molecule has 116 valence electrons. The van der Waals surface area contributed by atoms with E-state index in [0.29, 0.717) is 12.2 Å². The third kappa shape index (κ3) is 5.39. The zero-order chi connectivity index (χ0) is 16.0. The molecule has 7 nitrogen and oxygen atoms in total. The molecule has 7 heteroatoms. The first-order valence-corrected chi connectivity index (χ1v) is 6.74. The smallest absolute Gasteiger partial charge is 0.273 e. The number of nitrogens with two attached hydrogens (primary N) is 1. The number of non-ortho nitro benzene ring substituents is 1. The zero-order valence-electron chi connectivity index (χ0n) is 12.5. The summed E-state index contributed by atoms with van der Waals surface area (Å²) in [5.41, 5.74) is 6.09. The molecule has 0 aliphatic rings. The lowest BCUT2D eigenvalue weighted by atomic mass is 10.1. The molecule has 1 aromatic carbocycles. The van der Waals surface area contributed by atoms with E-state index in [4.69, 9.17) is 10.5 Å². The number of aryl methyl sites for hydroxylation is 1. The average Bonchev–Trinajstić information content (AvgIpc) is 2.38. The van der Waals surface area contributed by atoms with Crippen molar-refractivity contribution in [1.82, 2.24) is 5.32 Å². The van der Waals surface area contributed by atoms with Crippen LogP contribution in [0.5, 0.6) is 5.75 Å². The number of rotatable bonds is 8. The predicted molar refractivity (Wildman–Crippen MR) is 79.2 cm³/mol. The molecule has 1 aromatic rings. The van der Waals surface area contributed by atoms with E-state index in [1.165, 1.54) is 12.1 Å². The minimum Gasteiger partial charge on any atom is -0.493 e. The molecule has 3 N–H and O–H groups in total. The molecule has 1 amide bonds. The lowest BCUT2D eigenvalue weighted by Gasteiger charge is -2.18. The van der Waals surface area contributed by atoms with Gasteiger partial charge in [0.05, 0.1) is 23.6 Å². The molecule has 0 heterocycles.